The van der Waals surface area contributed by atoms with Gasteiger partial charge in [-0.3, -0.25) is 4.79 Å². The third kappa shape index (κ3) is 4.85. The summed E-state index contributed by atoms with van der Waals surface area (Å²) in [7, 11) is 1.49. The predicted octanol–water partition coefficient (Wildman–Crippen LogP) is 3.65. The van der Waals surface area contributed by atoms with E-state index in [1.54, 1.807) is 12.1 Å². The van der Waals surface area contributed by atoms with E-state index in [4.69, 9.17) is 9.47 Å². The van der Waals surface area contributed by atoms with Gasteiger partial charge in [0.1, 0.15) is 11.3 Å². The molecule has 0 unspecified atom stereocenters. The van der Waals surface area contributed by atoms with Crippen molar-refractivity contribution in [3.63, 3.8) is 0 Å². The van der Waals surface area contributed by atoms with Crippen LogP contribution in [0.25, 0.3) is 0 Å². The Labute approximate surface area is 154 Å². The Kier molecular flexibility index (Phi) is 6.39. The van der Waals surface area contributed by atoms with Crippen molar-refractivity contribution in [2.24, 2.45) is 0 Å². The van der Waals surface area contributed by atoms with Gasteiger partial charge in [0.25, 0.3) is 5.91 Å². The quantitative estimate of drug-likeness (QED) is 0.803. The third-order valence-electron chi connectivity index (χ3n) is 4.32. The van der Waals surface area contributed by atoms with Crippen LogP contribution in [0, 0.1) is 20.8 Å². The van der Waals surface area contributed by atoms with Crippen molar-refractivity contribution >= 4 is 11.9 Å². The highest BCUT2D eigenvalue weighted by molar-refractivity contribution is 5.94. The number of nitrogens with one attached hydrogen (secondary N) is 1. The number of methoxy groups -OCH3 is 1. The minimum atomic E-state index is -0.584. The maximum absolute atomic E-state index is 12.2. The number of carbonyl (C=O) groups is 2. The van der Waals surface area contributed by atoms with E-state index in [9.17, 15) is 9.59 Å². The minimum Gasteiger partial charge on any atom is -0.496 e. The van der Waals surface area contributed by atoms with Gasteiger partial charge in [-0.1, -0.05) is 29.8 Å². The van der Waals surface area contributed by atoms with Crippen LogP contribution in [0.3, 0.4) is 0 Å². The Bertz CT molecular complexity index is 814. The first-order valence-corrected chi connectivity index (χ1v) is 8.50. The van der Waals surface area contributed by atoms with Crippen LogP contribution in [0.15, 0.2) is 36.4 Å². The van der Waals surface area contributed by atoms with Crippen LogP contribution in [0.4, 0.5) is 0 Å². The SMILES string of the molecule is COc1ccc(C)cc1C(=O)OCC(=O)N[C@H](C)c1ccc(C)c(C)c1. The highest BCUT2D eigenvalue weighted by Crippen LogP contribution is 2.20. The fraction of sp³-hybridized carbons (Fsp3) is 0.333. The summed E-state index contributed by atoms with van der Waals surface area (Å²) >= 11 is 0. The Hall–Kier alpha value is -2.82. The largest absolute Gasteiger partial charge is 0.496 e. The van der Waals surface area contributed by atoms with Gasteiger partial charge < -0.3 is 14.8 Å². The van der Waals surface area contributed by atoms with Crippen molar-refractivity contribution in [2.45, 2.75) is 33.7 Å². The zero-order valence-electron chi connectivity index (χ0n) is 15.9. The molecule has 2 aromatic rings. The summed E-state index contributed by atoms with van der Waals surface area (Å²) in [5.74, 6) is -0.514. The van der Waals surface area contributed by atoms with Crippen LogP contribution in [-0.2, 0) is 9.53 Å². The normalized spacial score (nSPS) is 11.6. The molecule has 0 spiro atoms. The lowest BCUT2D eigenvalue weighted by Crippen LogP contribution is -2.31. The summed E-state index contributed by atoms with van der Waals surface area (Å²) in [6.45, 7) is 7.50. The van der Waals surface area contributed by atoms with E-state index in [-0.39, 0.29) is 18.6 Å². The molecular formula is C21H25NO4. The molecule has 0 heterocycles. The Morgan fingerprint density at radius 2 is 1.77 bits per heavy atom. The number of benzene rings is 2. The van der Waals surface area contributed by atoms with Crippen molar-refractivity contribution in [1.29, 1.82) is 0 Å². The number of rotatable bonds is 6. The second-order valence-corrected chi connectivity index (χ2v) is 6.41. The van der Waals surface area contributed by atoms with Crippen LogP contribution >= 0.6 is 0 Å². The summed E-state index contributed by atoms with van der Waals surface area (Å²) in [6, 6.07) is 11.1. The van der Waals surface area contributed by atoms with Gasteiger partial charge in [0.2, 0.25) is 0 Å². The first-order valence-electron chi connectivity index (χ1n) is 8.50. The van der Waals surface area contributed by atoms with Crippen LogP contribution in [-0.4, -0.2) is 25.6 Å². The second-order valence-electron chi connectivity index (χ2n) is 6.41. The molecule has 0 fully saturated rings. The second kappa shape index (κ2) is 8.52. The average Bonchev–Trinajstić information content (AvgIpc) is 2.61. The lowest BCUT2D eigenvalue weighted by molar-refractivity contribution is -0.124. The molecule has 0 aliphatic carbocycles. The highest BCUT2D eigenvalue weighted by Gasteiger charge is 2.17. The molecule has 1 atom stereocenters. The minimum absolute atomic E-state index is 0.172. The monoisotopic (exact) mass is 355 g/mol. The predicted molar refractivity (Wildman–Crippen MR) is 100 cm³/mol. The van der Waals surface area contributed by atoms with Gasteiger partial charge >= 0.3 is 5.97 Å². The maximum atomic E-state index is 12.2. The molecular weight excluding hydrogens is 330 g/mol. The Morgan fingerprint density at radius 3 is 2.42 bits per heavy atom. The van der Waals surface area contributed by atoms with E-state index in [1.807, 2.05) is 52.0 Å². The van der Waals surface area contributed by atoms with Gasteiger partial charge in [-0.05, 0) is 56.5 Å². The van der Waals surface area contributed by atoms with Crippen LogP contribution in [0.5, 0.6) is 5.75 Å². The molecule has 0 saturated carbocycles. The summed E-state index contributed by atoms with van der Waals surface area (Å²) in [6.07, 6.45) is 0. The lowest BCUT2D eigenvalue weighted by atomic mass is 10.0. The molecule has 2 aromatic carbocycles. The molecule has 5 nitrogen and oxygen atoms in total. The van der Waals surface area contributed by atoms with E-state index in [2.05, 4.69) is 5.32 Å². The van der Waals surface area contributed by atoms with Gasteiger partial charge in [-0.15, -0.1) is 0 Å². The van der Waals surface area contributed by atoms with Crippen molar-refractivity contribution in [1.82, 2.24) is 5.32 Å². The fourth-order valence-electron chi connectivity index (χ4n) is 2.59. The van der Waals surface area contributed by atoms with E-state index < -0.39 is 5.97 Å². The average molecular weight is 355 g/mol. The summed E-state index contributed by atoms with van der Waals surface area (Å²) < 4.78 is 10.3. The molecule has 1 amide bonds. The van der Waals surface area contributed by atoms with Crippen LogP contribution in [0.1, 0.15) is 45.6 Å². The fourth-order valence-corrected chi connectivity index (χ4v) is 2.59. The number of hydrogen-bond acceptors (Lipinski definition) is 4. The molecule has 1 N–H and O–H groups in total. The van der Waals surface area contributed by atoms with Gasteiger partial charge in [-0.25, -0.2) is 4.79 Å². The number of esters is 1. The molecule has 0 saturated heterocycles. The Balaban J connectivity index is 1.95. The molecule has 0 bridgehead atoms. The van der Waals surface area contributed by atoms with Gasteiger partial charge in [0.05, 0.1) is 13.2 Å². The molecule has 138 valence electrons. The van der Waals surface area contributed by atoms with Crippen LogP contribution < -0.4 is 10.1 Å². The molecule has 0 aromatic heterocycles. The lowest BCUT2D eigenvalue weighted by Gasteiger charge is -2.16. The van der Waals surface area contributed by atoms with Crippen molar-refractivity contribution in [3.8, 4) is 5.75 Å². The van der Waals surface area contributed by atoms with E-state index >= 15 is 0 Å². The smallest absolute Gasteiger partial charge is 0.342 e. The highest BCUT2D eigenvalue weighted by atomic mass is 16.5. The van der Waals surface area contributed by atoms with Gasteiger partial charge in [-0.2, -0.15) is 0 Å². The first-order chi connectivity index (χ1) is 12.3. The van der Waals surface area contributed by atoms with Gasteiger partial charge in [0.15, 0.2) is 6.61 Å². The number of hydrogen-bond donors (Lipinski definition) is 1. The van der Waals surface area contributed by atoms with Gasteiger partial charge in [0, 0.05) is 0 Å². The topological polar surface area (TPSA) is 64.6 Å². The number of ether oxygens (including phenoxy) is 2. The van der Waals surface area contributed by atoms with E-state index in [0.29, 0.717) is 11.3 Å². The summed E-state index contributed by atoms with van der Waals surface area (Å²) in [4.78, 5) is 24.4. The zero-order valence-corrected chi connectivity index (χ0v) is 15.9. The maximum Gasteiger partial charge on any atom is 0.342 e. The first kappa shape index (κ1) is 19.5. The molecule has 5 heteroatoms. The number of amides is 1. The van der Waals surface area contributed by atoms with E-state index in [0.717, 1.165) is 11.1 Å². The summed E-state index contributed by atoms with van der Waals surface area (Å²) in [5, 5.41) is 2.84. The number of aryl methyl sites for hydroxylation is 3. The number of carbonyl (C=O) groups excluding carboxylic acids is 2. The van der Waals surface area contributed by atoms with E-state index in [1.165, 1.54) is 18.2 Å². The molecule has 0 aliphatic heterocycles. The molecule has 0 aliphatic rings. The van der Waals surface area contributed by atoms with Crippen molar-refractivity contribution in [3.05, 3.63) is 64.2 Å². The third-order valence-corrected chi connectivity index (χ3v) is 4.32. The van der Waals surface area contributed by atoms with Crippen molar-refractivity contribution in [2.75, 3.05) is 13.7 Å². The zero-order chi connectivity index (χ0) is 19.3. The Morgan fingerprint density at radius 1 is 1.04 bits per heavy atom. The van der Waals surface area contributed by atoms with Crippen LogP contribution in [0.2, 0.25) is 0 Å². The molecule has 26 heavy (non-hydrogen) atoms. The standard InChI is InChI=1S/C21H25NO4/c1-13-6-9-19(25-5)18(10-13)21(24)26-12-20(23)22-16(4)17-8-7-14(2)15(3)11-17/h6-11,16H,12H2,1-5H3,(H,22,23)/t16-/m1/s1. The molecule has 0 radical (unpaired) electrons. The molecule has 2 rings (SSSR count). The summed E-state index contributed by atoms with van der Waals surface area (Å²) in [5.41, 5.74) is 4.59. The van der Waals surface area contributed by atoms with Crippen molar-refractivity contribution < 1.29 is 19.1 Å².